The number of carbonyl (C=O) groups is 2. The predicted octanol–water partition coefficient (Wildman–Crippen LogP) is 0.977. The van der Waals surface area contributed by atoms with Crippen molar-refractivity contribution in [3.63, 3.8) is 0 Å². The van der Waals surface area contributed by atoms with Gasteiger partial charge in [0.2, 0.25) is 0 Å². The summed E-state index contributed by atoms with van der Waals surface area (Å²) in [5.41, 5.74) is 5.68. The number of ketones is 1. The zero-order valence-electron chi connectivity index (χ0n) is 12.7. The molecule has 3 N–H and O–H groups in total. The van der Waals surface area contributed by atoms with Crippen LogP contribution in [-0.4, -0.2) is 36.5 Å². The number of hydrogen-bond acceptors (Lipinski definition) is 5. The van der Waals surface area contributed by atoms with Gasteiger partial charge in [-0.15, -0.1) is 0 Å². The zero-order valence-corrected chi connectivity index (χ0v) is 12.7. The van der Waals surface area contributed by atoms with Gasteiger partial charge in [-0.25, -0.2) is 4.79 Å². The van der Waals surface area contributed by atoms with Crippen LogP contribution >= 0.6 is 0 Å². The molecule has 5 heteroatoms. The first-order valence-electron chi connectivity index (χ1n) is 7.51. The fourth-order valence-corrected chi connectivity index (χ4v) is 2.62. The Morgan fingerprint density at radius 3 is 2.64 bits per heavy atom. The lowest BCUT2D eigenvalue weighted by Crippen LogP contribution is -2.64. The average molecular weight is 302 g/mol. The summed E-state index contributed by atoms with van der Waals surface area (Å²) in [7, 11) is 0. The maximum absolute atomic E-state index is 12.8. The highest BCUT2D eigenvalue weighted by atomic mass is 16.5. The molecular weight excluding hydrogens is 280 g/mol. The molecule has 2 rings (SSSR count). The third kappa shape index (κ3) is 3.43. The monoisotopic (exact) mass is 302 g/mol. The molecule has 0 saturated heterocycles. The molecule has 1 aliphatic heterocycles. The summed E-state index contributed by atoms with van der Waals surface area (Å²) in [5, 5.41) is 2.99. The van der Waals surface area contributed by atoms with Crippen molar-refractivity contribution >= 4 is 11.8 Å². The first-order valence-corrected chi connectivity index (χ1v) is 7.51. The normalized spacial score (nSPS) is 22.1. The number of nitrogens with one attached hydrogen (secondary N) is 1. The molecule has 2 atom stereocenters. The summed E-state index contributed by atoms with van der Waals surface area (Å²) in [6.45, 7) is 2.40. The third-order valence-electron chi connectivity index (χ3n) is 3.79. The number of hydrogen-bond donors (Lipinski definition) is 2. The van der Waals surface area contributed by atoms with Gasteiger partial charge in [0.15, 0.2) is 11.3 Å². The largest absolute Gasteiger partial charge is 0.464 e. The average Bonchev–Trinajstić information content (AvgIpc) is 2.56. The number of ether oxygens (including phenoxy) is 1. The van der Waals surface area contributed by atoms with Crippen LogP contribution in [0.1, 0.15) is 18.9 Å². The maximum Gasteiger partial charge on any atom is 0.334 e. The van der Waals surface area contributed by atoms with Crippen LogP contribution in [0.15, 0.2) is 42.5 Å². The van der Waals surface area contributed by atoms with Crippen molar-refractivity contribution in [3.8, 4) is 0 Å². The quantitative estimate of drug-likeness (QED) is 0.465. The van der Waals surface area contributed by atoms with Gasteiger partial charge in [-0.3, -0.25) is 10.1 Å². The Balaban J connectivity index is 2.18. The van der Waals surface area contributed by atoms with E-state index in [2.05, 4.69) is 5.32 Å². The van der Waals surface area contributed by atoms with Gasteiger partial charge in [0.1, 0.15) is 0 Å². The Hall–Kier alpha value is -1.98. The van der Waals surface area contributed by atoms with Crippen molar-refractivity contribution in [1.82, 2.24) is 5.32 Å². The van der Waals surface area contributed by atoms with Crippen LogP contribution < -0.4 is 11.1 Å². The van der Waals surface area contributed by atoms with Crippen LogP contribution in [0.5, 0.6) is 0 Å². The predicted molar refractivity (Wildman–Crippen MR) is 84.3 cm³/mol. The van der Waals surface area contributed by atoms with E-state index in [1.165, 1.54) is 0 Å². The second-order valence-corrected chi connectivity index (χ2v) is 5.34. The highest BCUT2D eigenvalue weighted by Gasteiger charge is 2.48. The highest BCUT2D eigenvalue weighted by Crippen LogP contribution is 2.21. The minimum absolute atomic E-state index is 0.229. The van der Waals surface area contributed by atoms with E-state index >= 15 is 0 Å². The zero-order chi connectivity index (χ0) is 16.0. The van der Waals surface area contributed by atoms with E-state index in [0.717, 1.165) is 5.56 Å². The lowest BCUT2D eigenvalue weighted by molar-refractivity contribution is -0.155. The van der Waals surface area contributed by atoms with Gasteiger partial charge in [-0.1, -0.05) is 42.5 Å². The number of benzene rings is 1. The fourth-order valence-electron chi connectivity index (χ4n) is 2.62. The maximum atomic E-state index is 12.8. The van der Waals surface area contributed by atoms with E-state index in [9.17, 15) is 9.59 Å². The first-order chi connectivity index (χ1) is 10.6. The Kier molecular flexibility index (Phi) is 5.46. The third-order valence-corrected chi connectivity index (χ3v) is 3.79. The molecule has 0 saturated carbocycles. The van der Waals surface area contributed by atoms with Gasteiger partial charge in [-0.2, -0.15) is 0 Å². The first kappa shape index (κ1) is 16.4. The van der Waals surface area contributed by atoms with Crippen molar-refractivity contribution in [2.24, 2.45) is 5.73 Å². The van der Waals surface area contributed by atoms with Crippen molar-refractivity contribution in [3.05, 3.63) is 48.0 Å². The van der Waals surface area contributed by atoms with Crippen LogP contribution in [0.4, 0.5) is 0 Å². The van der Waals surface area contributed by atoms with E-state index in [1.807, 2.05) is 42.5 Å². The summed E-state index contributed by atoms with van der Waals surface area (Å²) in [5.74, 6) is -0.869. The van der Waals surface area contributed by atoms with Gasteiger partial charge < -0.3 is 10.5 Å². The Bertz CT molecular complexity index is 556. The molecule has 1 unspecified atom stereocenters. The van der Waals surface area contributed by atoms with Crippen molar-refractivity contribution < 1.29 is 14.3 Å². The van der Waals surface area contributed by atoms with Crippen LogP contribution in [0.2, 0.25) is 0 Å². The second-order valence-electron chi connectivity index (χ2n) is 5.34. The van der Waals surface area contributed by atoms with Crippen LogP contribution in [0, 0.1) is 0 Å². The molecule has 1 aliphatic rings. The van der Waals surface area contributed by atoms with E-state index in [0.29, 0.717) is 13.0 Å². The van der Waals surface area contributed by atoms with Crippen LogP contribution in [0.25, 0.3) is 0 Å². The molecule has 22 heavy (non-hydrogen) atoms. The van der Waals surface area contributed by atoms with Gasteiger partial charge in [0.25, 0.3) is 0 Å². The Morgan fingerprint density at radius 2 is 2.05 bits per heavy atom. The van der Waals surface area contributed by atoms with E-state index < -0.39 is 17.6 Å². The van der Waals surface area contributed by atoms with Crippen molar-refractivity contribution in [2.45, 2.75) is 31.3 Å². The summed E-state index contributed by atoms with van der Waals surface area (Å²) >= 11 is 0. The molecule has 0 radical (unpaired) electrons. The van der Waals surface area contributed by atoms with Gasteiger partial charge in [-0.05, 0) is 18.9 Å². The second kappa shape index (κ2) is 7.33. The van der Waals surface area contributed by atoms with E-state index in [-0.39, 0.29) is 18.8 Å². The van der Waals surface area contributed by atoms with E-state index in [4.69, 9.17) is 10.5 Å². The summed E-state index contributed by atoms with van der Waals surface area (Å²) in [6.07, 6.45) is 4.37. The SMILES string of the molecule is CCOC(=O)[C@]1(C(=O)C(N)Cc2ccccc2)CC=CCN1. The molecule has 0 fully saturated rings. The van der Waals surface area contributed by atoms with Crippen LogP contribution in [0.3, 0.4) is 0 Å². The van der Waals surface area contributed by atoms with Crippen molar-refractivity contribution in [2.75, 3.05) is 13.2 Å². The minimum atomic E-state index is -1.36. The molecule has 1 aromatic carbocycles. The summed E-state index contributed by atoms with van der Waals surface area (Å²) in [4.78, 5) is 25.1. The molecule has 1 aromatic rings. The van der Waals surface area contributed by atoms with Gasteiger partial charge in [0.05, 0.1) is 12.6 Å². The number of carbonyl (C=O) groups excluding carboxylic acids is 2. The molecule has 0 aromatic heterocycles. The highest BCUT2D eigenvalue weighted by molar-refractivity contribution is 6.11. The Labute approximate surface area is 130 Å². The minimum Gasteiger partial charge on any atom is -0.464 e. The molecule has 0 aliphatic carbocycles. The lowest BCUT2D eigenvalue weighted by atomic mass is 9.82. The van der Waals surface area contributed by atoms with Crippen LogP contribution in [-0.2, 0) is 20.7 Å². The standard InChI is InChI=1S/C17H22N2O3/c1-2-22-16(21)17(10-6-7-11-19-17)15(20)14(18)12-13-8-4-3-5-9-13/h3-9,14,19H,2,10-12,18H2,1H3/t14?,17-/m1/s1. The van der Waals surface area contributed by atoms with Gasteiger partial charge >= 0.3 is 5.97 Å². The molecule has 0 amide bonds. The van der Waals surface area contributed by atoms with Crippen molar-refractivity contribution in [1.29, 1.82) is 0 Å². The fraction of sp³-hybridized carbons (Fsp3) is 0.412. The summed E-state index contributed by atoms with van der Waals surface area (Å²) in [6, 6.07) is 8.77. The molecule has 1 heterocycles. The Morgan fingerprint density at radius 1 is 1.32 bits per heavy atom. The lowest BCUT2D eigenvalue weighted by Gasteiger charge is -2.34. The number of rotatable bonds is 6. The molecule has 0 bridgehead atoms. The molecular formula is C17H22N2O3. The van der Waals surface area contributed by atoms with Gasteiger partial charge in [0, 0.05) is 13.0 Å². The van der Waals surface area contributed by atoms with E-state index in [1.54, 1.807) is 6.92 Å². The topological polar surface area (TPSA) is 81.4 Å². The molecule has 0 spiro atoms. The summed E-state index contributed by atoms with van der Waals surface area (Å²) < 4.78 is 5.09. The molecule has 118 valence electrons. The smallest absolute Gasteiger partial charge is 0.334 e. The molecule has 5 nitrogen and oxygen atoms in total. The number of Topliss-reactive ketones (excluding diaryl/α,β-unsaturated/α-hetero) is 1. The number of esters is 1. The number of nitrogens with two attached hydrogens (primary N) is 1.